The molecule has 0 unspecified atom stereocenters. The molecule has 1 fully saturated rings. The van der Waals surface area contributed by atoms with Crippen molar-refractivity contribution in [3.8, 4) is 10.6 Å². The van der Waals surface area contributed by atoms with Crippen molar-refractivity contribution in [2.75, 3.05) is 19.6 Å². The van der Waals surface area contributed by atoms with E-state index in [2.05, 4.69) is 22.6 Å². The Hall–Kier alpha value is -1.24. The number of nitrogens with zero attached hydrogens (tertiary/aromatic N) is 2. The van der Waals surface area contributed by atoms with Crippen LogP contribution in [0, 0.1) is 0 Å². The number of hydrogen-bond acceptors (Lipinski definition) is 5. The lowest BCUT2D eigenvalue weighted by Crippen LogP contribution is -2.52. The summed E-state index contributed by atoms with van der Waals surface area (Å²) in [4.78, 5) is 19.5. The third kappa shape index (κ3) is 2.56. The summed E-state index contributed by atoms with van der Waals surface area (Å²) in [6.45, 7) is 4.57. The molecule has 0 bridgehead atoms. The van der Waals surface area contributed by atoms with Gasteiger partial charge in [0.05, 0.1) is 6.20 Å². The molecule has 3 rings (SSSR count). The fourth-order valence-corrected chi connectivity index (χ4v) is 3.76. The SMILES string of the molecule is C[C@@H]1CNCCN1C(=O)c1cnc(-c2ccsc2)s1. The highest BCUT2D eigenvalue weighted by atomic mass is 32.1. The Morgan fingerprint density at radius 1 is 1.58 bits per heavy atom. The molecule has 1 atom stereocenters. The van der Waals surface area contributed by atoms with Crippen molar-refractivity contribution in [1.29, 1.82) is 0 Å². The second-order valence-corrected chi connectivity index (χ2v) is 6.40. The summed E-state index contributed by atoms with van der Waals surface area (Å²) < 4.78 is 0. The van der Waals surface area contributed by atoms with Crippen LogP contribution in [0.5, 0.6) is 0 Å². The predicted molar refractivity (Wildman–Crippen MR) is 78.8 cm³/mol. The first kappa shape index (κ1) is 12.8. The van der Waals surface area contributed by atoms with E-state index in [1.165, 1.54) is 11.3 Å². The molecule has 2 aromatic rings. The van der Waals surface area contributed by atoms with Crippen molar-refractivity contribution in [3.05, 3.63) is 27.9 Å². The van der Waals surface area contributed by atoms with Gasteiger partial charge in [-0.3, -0.25) is 4.79 Å². The molecule has 6 heteroatoms. The van der Waals surface area contributed by atoms with Gasteiger partial charge in [-0.1, -0.05) is 0 Å². The zero-order chi connectivity index (χ0) is 13.2. The van der Waals surface area contributed by atoms with Gasteiger partial charge in [-0.2, -0.15) is 11.3 Å². The minimum atomic E-state index is 0.105. The minimum absolute atomic E-state index is 0.105. The average Bonchev–Trinajstić information content (AvgIpc) is 3.09. The fraction of sp³-hybridized carbons (Fsp3) is 0.385. The number of carbonyl (C=O) groups is 1. The molecule has 0 saturated carbocycles. The van der Waals surface area contributed by atoms with Gasteiger partial charge in [-0.25, -0.2) is 4.98 Å². The van der Waals surface area contributed by atoms with Crippen LogP contribution in [-0.2, 0) is 0 Å². The summed E-state index contributed by atoms with van der Waals surface area (Å²) in [6.07, 6.45) is 1.70. The van der Waals surface area contributed by atoms with Gasteiger partial charge < -0.3 is 10.2 Å². The topological polar surface area (TPSA) is 45.2 Å². The van der Waals surface area contributed by atoms with E-state index < -0.39 is 0 Å². The van der Waals surface area contributed by atoms with Gasteiger partial charge in [-0.05, 0) is 18.4 Å². The largest absolute Gasteiger partial charge is 0.333 e. The molecule has 3 heterocycles. The van der Waals surface area contributed by atoms with Crippen molar-refractivity contribution >= 4 is 28.6 Å². The Kier molecular flexibility index (Phi) is 3.63. The van der Waals surface area contributed by atoms with Crippen LogP contribution in [0.4, 0.5) is 0 Å². The van der Waals surface area contributed by atoms with Crippen LogP contribution in [-0.4, -0.2) is 41.5 Å². The van der Waals surface area contributed by atoms with E-state index >= 15 is 0 Å². The van der Waals surface area contributed by atoms with Crippen molar-refractivity contribution in [1.82, 2.24) is 15.2 Å². The van der Waals surface area contributed by atoms with E-state index in [4.69, 9.17) is 0 Å². The minimum Gasteiger partial charge on any atom is -0.333 e. The summed E-state index contributed by atoms with van der Waals surface area (Å²) in [5.74, 6) is 0.105. The van der Waals surface area contributed by atoms with Gasteiger partial charge >= 0.3 is 0 Å². The average molecular weight is 293 g/mol. The standard InChI is InChI=1S/C13H15N3OS2/c1-9-6-14-3-4-16(9)13(17)11-7-15-12(19-11)10-2-5-18-8-10/h2,5,7-9,14H,3-4,6H2,1H3/t9-/m1/s1. The molecular weight excluding hydrogens is 278 g/mol. The summed E-state index contributed by atoms with van der Waals surface area (Å²) >= 11 is 3.12. The van der Waals surface area contributed by atoms with E-state index in [0.29, 0.717) is 0 Å². The highest BCUT2D eigenvalue weighted by molar-refractivity contribution is 7.17. The summed E-state index contributed by atoms with van der Waals surface area (Å²) in [6, 6.07) is 2.28. The number of thiophene rings is 1. The van der Waals surface area contributed by atoms with Gasteiger partial charge in [0.2, 0.25) is 0 Å². The van der Waals surface area contributed by atoms with E-state index in [1.807, 2.05) is 16.3 Å². The van der Waals surface area contributed by atoms with Crippen LogP contribution >= 0.6 is 22.7 Å². The molecule has 1 N–H and O–H groups in total. The Bertz CT molecular complexity index is 564. The van der Waals surface area contributed by atoms with Gasteiger partial charge in [0.1, 0.15) is 9.88 Å². The maximum absolute atomic E-state index is 12.5. The number of piperazine rings is 1. The first-order chi connectivity index (χ1) is 9.25. The molecule has 0 aromatic carbocycles. The first-order valence-electron chi connectivity index (χ1n) is 6.26. The molecule has 1 amide bonds. The van der Waals surface area contributed by atoms with Gasteiger partial charge in [0.15, 0.2) is 0 Å². The zero-order valence-electron chi connectivity index (χ0n) is 10.6. The van der Waals surface area contributed by atoms with Crippen molar-refractivity contribution in [2.45, 2.75) is 13.0 Å². The first-order valence-corrected chi connectivity index (χ1v) is 8.01. The molecule has 2 aromatic heterocycles. The van der Waals surface area contributed by atoms with Gasteiger partial charge in [0, 0.05) is 36.6 Å². The quantitative estimate of drug-likeness (QED) is 0.924. The highest BCUT2D eigenvalue weighted by Crippen LogP contribution is 2.28. The number of aromatic nitrogens is 1. The zero-order valence-corrected chi connectivity index (χ0v) is 12.3. The van der Waals surface area contributed by atoms with Gasteiger partial charge in [-0.15, -0.1) is 11.3 Å². The Labute approximate surface area is 120 Å². The molecule has 0 spiro atoms. The van der Waals surface area contributed by atoms with E-state index in [-0.39, 0.29) is 11.9 Å². The second kappa shape index (κ2) is 5.40. The van der Waals surface area contributed by atoms with Crippen LogP contribution < -0.4 is 5.32 Å². The van der Waals surface area contributed by atoms with Crippen LogP contribution in [0.1, 0.15) is 16.6 Å². The van der Waals surface area contributed by atoms with Crippen molar-refractivity contribution in [2.24, 2.45) is 0 Å². The van der Waals surface area contributed by atoms with Crippen LogP contribution in [0.2, 0.25) is 0 Å². The number of thiazole rings is 1. The lowest BCUT2D eigenvalue weighted by Gasteiger charge is -2.33. The van der Waals surface area contributed by atoms with E-state index in [9.17, 15) is 4.79 Å². The number of hydrogen-bond donors (Lipinski definition) is 1. The summed E-state index contributed by atoms with van der Waals surface area (Å²) in [5, 5.41) is 8.30. The molecule has 0 radical (unpaired) electrons. The van der Waals surface area contributed by atoms with Crippen molar-refractivity contribution in [3.63, 3.8) is 0 Å². The van der Waals surface area contributed by atoms with Crippen LogP contribution in [0.3, 0.4) is 0 Å². The monoisotopic (exact) mass is 293 g/mol. The smallest absolute Gasteiger partial charge is 0.265 e. The van der Waals surface area contributed by atoms with Gasteiger partial charge in [0.25, 0.3) is 5.91 Å². The molecule has 19 heavy (non-hydrogen) atoms. The molecule has 1 aliphatic heterocycles. The van der Waals surface area contributed by atoms with E-state index in [0.717, 1.165) is 35.1 Å². The van der Waals surface area contributed by atoms with Crippen LogP contribution in [0.15, 0.2) is 23.0 Å². The number of nitrogens with one attached hydrogen (secondary N) is 1. The maximum Gasteiger partial charge on any atom is 0.265 e. The molecule has 1 aliphatic rings. The third-order valence-electron chi connectivity index (χ3n) is 3.25. The molecule has 4 nitrogen and oxygen atoms in total. The molecule has 1 saturated heterocycles. The predicted octanol–water partition coefficient (Wildman–Crippen LogP) is 2.31. The molecule has 0 aliphatic carbocycles. The molecular formula is C13H15N3OS2. The Balaban J connectivity index is 1.80. The summed E-state index contributed by atoms with van der Waals surface area (Å²) in [5.41, 5.74) is 1.10. The normalized spacial score (nSPS) is 19.6. The fourth-order valence-electron chi connectivity index (χ4n) is 2.18. The van der Waals surface area contributed by atoms with Crippen molar-refractivity contribution < 1.29 is 4.79 Å². The number of amides is 1. The molecule has 100 valence electrons. The van der Waals surface area contributed by atoms with E-state index in [1.54, 1.807) is 17.5 Å². The second-order valence-electron chi connectivity index (χ2n) is 4.59. The number of rotatable bonds is 2. The highest BCUT2D eigenvalue weighted by Gasteiger charge is 2.25. The van der Waals surface area contributed by atoms with Crippen LogP contribution in [0.25, 0.3) is 10.6 Å². The Morgan fingerprint density at radius 2 is 2.47 bits per heavy atom. The maximum atomic E-state index is 12.5. The lowest BCUT2D eigenvalue weighted by molar-refractivity contribution is 0.0660. The third-order valence-corrected chi connectivity index (χ3v) is 4.96. The summed E-state index contributed by atoms with van der Waals surface area (Å²) in [7, 11) is 0. The number of carbonyl (C=O) groups excluding carboxylic acids is 1. The Morgan fingerprint density at radius 3 is 3.21 bits per heavy atom. The lowest BCUT2D eigenvalue weighted by atomic mass is 10.2.